The minimum absolute atomic E-state index is 1.10. The second kappa shape index (κ2) is 38.5. The van der Waals surface area contributed by atoms with E-state index >= 15 is 0 Å². The van der Waals surface area contributed by atoms with Crippen LogP contribution in [0.1, 0.15) is 0 Å². The first-order valence-electron chi connectivity index (χ1n) is 49.5. The lowest BCUT2D eigenvalue weighted by Gasteiger charge is -2.27. The maximum atomic E-state index is 2.44. The molecule has 0 atom stereocenters. The molecule has 690 valence electrons. The number of rotatable bonds is 19. The van der Waals surface area contributed by atoms with Crippen molar-refractivity contribution in [1.29, 1.82) is 0 Å². The molecular formula is C136H93N7S3. The Labute approximate surface area is 858 Å². The number of thiophene rings is 3. The van der Waals surface area contributed by atoms with Crippen molar-refractivity contribution in [3.63, 3.8) is 0 Å². The lowest BCUT2D eigenvalue weighted by atomic mass is 10.0. The summed E-state index contributed by atoms with van der Waals surface area (Å²) in [5, 5.41) is 14.8. The van der Waals surface area contributed by atoms with Crippen LogP contribution in [0.4, 0.5) is 51.2 Å². The second-order valence-corrected chi connectivity index (χ2v) is 39.8. The maximum absolute atomic E-state index is 2.44. The number of aromatic nitrogens is 4. The third-order valence-electron chi connectivity index (χ3n) is 28.0. The van der Waals surface area contributed by atoms with E-state index in [-0.39, 0.29) is 0 Å². The highest BCUT2D eigenvalue weighted by Gasteiger charge is 2.28. The fourth-order valence-electron chi connectivity index (χ4n) is 21.3. The average Bonchev–Trinajstić information content (AvgIpc) is 1.58. The van der Waals surface area contributed by atoms with Crippen molar-refractivity contribution < 1.29 is 0 Å². The second-order valence-electron chi connectivity index (χ2n) is 36.6. The van der Waals surface area contributed by atoms with Crippen LogP contribution in [0.15, 0.2) is 564 Å². The van der Waals surface area contributed by atoms with Crippen molar-refractivity contribution in [3.05, 3.63) is 564 Å². The van der Waals surface area contributed by atoms with E-state index in [9.17, 15) is 0 Å². The maximum Gasteiger partial charge on any atom is 0.101 e. The summed E-state index contributed by atoms with van der Waals surface area (Å²) in [5.41, 5.74) is 33.0. The van der Waals surface area contributed by atoms with E-state index in [2.05, 4.69) is 597 Å². The number of nitrogens with zero attached hydrogens (tertiary/aromatic N) is 7. The number of hydrogen-bond acceptors (Lipinski definition) is 6. The summed E-state index contributed by atoms with van der Waals surface area (Å²) in [6.07, 6.45) is 0. The van der Waals surface area contributed by atoms with Crippen LogP contribution in [-0.4, -0.2) is 18.3 Å². The highest BCUT2D eigenvalue weighted by atomic mass is 32.1. The summed E-state index contributed by atoms with van der Waals surface area (Å²) in [6.45, 7) is 0. The van der Waals surface area contributed by atoms with Gasteiger partial charge in [-0.15, -0.1) is 34.0 Å². The van der Waals surface area contributed by atoms with Crippen LogP contribution < -0.4 is 14.7 Å². The van der Waals surface area contributed by atoms with Crippen LogP contribution in [0.5, 0.6) is 0 Å². The van der Waals surface area contributed by atoms with Crippen molar-refractivity contribution >= 4 is 183 Å². The van der Waals surface area contributed by atoms with Gasteiger partial charge in [0.2, 0.25) is 0 Å². The molecule has 0 aliphatic rings. The van der Waals surface area contributed by atoms with Crippen LogP contribution in [0.25, 0.3) is 183 Å². The fraction of sp³-hybridized carbons (Fsp3) is 0. The van der Waals surface area contributed by atoms with Gasteiger partial charge in [0.1, 0.15) is 15.0 Å². The van der Waals surface area contributed by atoms with Gasteiger partial charge >= 0.3 is 0 Å². The lowest BCUT2D eigenvalue weighted by molar-refractivity contribution is 1.17. The summed E-state index contributed by atoms with van der Waals surface area (Å²) < 4.78 is 11.0. The molecule has 0 fully saturated rings. The Hall–Kier alpha value is -18.4. The third-order valence-corrected chi connectivity index (χ3v) is 31.4. The summed E-state index contributed by atoms with van der Waals surface area (Å²) in [5.74, 6) is 0. The van der Waals surface area contributed by atoms with Gasteiger partial charge in [-0.1, -0.05) is 376 Å². The molecule has 7 aromatic heterocycles. The summed E-state index contributed by atoms with van der Waals surface area (Å²) in [7, 11) is 0. The predicted molar refractivity (Wildman–Crippen MR) is 624 cm³/mol. The summed E-state index contributed by atoms with van der Waals surface area (Å²) in [6, 6.07) is 203. The lowest BCUT2D eigenvalue weighted by Crippen LogP contribution is -2.10. The number of anilines is 9. The molecular weight excluding hydrogens is 1830 g/mol. The Kier molecular flexibility index (Phi) is 23.2. The Morgan fingerprint density at radius 1 is 0.151 bits per heavy atom. The zero-order valence-corrected chi connectivity index (χ0v) is 82.0. The largest absolute Gasteiger partial charge is 0.310 e. The van der Waals surface area contributed by atoms with E-state index < -0.39 is 0 Å². The van der Waals surface area contributed by atoms with E-state index in [1.165, 1.54) is 178 Å². The van der Waals surface area contributed by atoms with Crippen molar-refractivity contribution in [2.75, 3.05) is 14.7 Å². The number of hydrogen-bond donors (Lipinski definition) is 0. The van der Waals surface area contributed by atoms with Crippen molar-refractivity contribution in [2.45, 2.75) is 0 Å². The quantitative estimate of drug-likeness (QED) is 0.0808. The first kappa shape index (κ1) is 87.8. The van der Waals surface area contributed by atoms with Crippen molar-refractivity contribution in [2.24, 2.45) is 0 Å². The molecule has 0 radical (unpaired) electrons. The molecule has 28 aromatic rings. The molecule has 7 heterocycles. The van der Waals surface area contributed by atoms with Gasteiger partial charge in [0.15, 0.2) is 0 Å². The molecule has 10 heteroatoms. The zero-order chi connectivity index (χ0) is 96.7. The van der Waals surface area contributed by atoms with Gasteiger partial charge in [0.05, 0.1) is 61.2 Å². The molecule has 0 amide bonds. The Morgan fingerprint density at radius 3 is 0.726 bits per heavy atom. The zero-order valence-electron chi connectivity index (χ0n) is 79.5. The van der Waals surface area contributed by atoms with Gasteiger partial charge in [-0.3, -0.25) is 0 Å². The molecule has 0 spiro atoms. The normalized spacial score (nSPS) is 11.4. The summed E-state index contributed by atoms with van der Waals surface area (Å²) >= 11 is 5.50. The highest BCUT2D eigenvalue weighted by Crippen LogP contribution is 2.52. The van der Waals surface area contributed by atoms with E-state index in [1.54, 1.807) is 0 Å². The molecule has 146 heavy (non-hydrogen) atoms. The molecule has 0 unspecified atom stereocenters. The van der Waals surface area contributed by atoms with Gasteiger partial charge in [-0.25, -0.2) is 0 Å². The van der Waals surface area contributed by atoms with Crippen LogP contribution in [0.3, 0.4) is 0 Å². The number of benzene rings is 21. The molecule has 21 aromatic carbocycles. The Morgan fingerprint density at radius 2 is 0.397 bits per heavy atom. The minimum Gasteiger partial charge on any atom is -0.310 e. The first-order valence-corrected chi connectivity index (χ1v) is 51.9. The van der Waals surface area contributed by atoms with Crippen LogP contribution in [-0.2, 0) is 0 Å². The predicted octanol–water partition coefficient (Wildman–Crippen LogP) is 39.2. The molecule has 0 N–H and O–H groups in total. The third kappa shape index (κ3) is 16.3. The number of para-hydroxylation sites is 6. The van der Waals surface area contributed by atoms with Gasteiger partial charge in [0.25, 0.3) is 0 Å². The molecule has 7 nitrogen and oxygen atoms in total. The minimum atomic E-state index is 1.10. The molecule has 0 aliphatic carbocycles. The standard InChI is InChI=1S/C46H31N3S.C46H32N2S.C44H30N2S/c1-3-14-32(15-4-1)44-30-31-45(50-44)49-41-23-12-9-20-38(41)46-42(24-13-25-43(46)49)47(33-16-5-2-6-17-33)34-26-28-35(29-27-34)48-39-21-10-7-18-36(39)37-19-8-11-22-40(37)48;1-4-13-33(14-5-1)35-23-27-38(28-24-35)47(39-29-25-36(26-30-39)34-15-6-2-7-16-34)42-21-12-22-43-46(42)40-19-10-11-20-41(40)48(43)45-32-31-44(49-45)37-17-8-3-9-18-37;1-3-12-31(13-4-1)33-22-26-36(27-23-33)45(37-28-24-34(25-29-37)32-14-5-2-6-15-32)40-19-11-20-41-44(40)38-17-8-9-18-39(38)46(41)43-30-35-16-7-10-21-42(35)47-43/h1-31H;1-32H;1-30H. The fourth-order valence-corrected chi connectivity index (χ4v) is 24.5. The van der Waals surface area contributed by atoms with E-state index in [0.717, 1.165) is 56.9 Å². The van der Waals surface area contributed by atoms with E-state index in [4.69, 9.17) is 0 Å². The Bertz CT molecular complexity index is 9320. The van der Waals surface area contributed by atoms with Crippen LogP contribution in [0, 0.1) is 0 Å². The van der Waals surface area contributed by atoms with Gasteiger partial charge in [-0.05, 0) is 249 Å². The Balaban J connectivity index is 0.000000111. The van der Waals surface area contributed by atoms with Gasteiger partial charge in [-0.2, -0.15) is 0 Å². The van der Waals surface area contributed by atoms with Gasteiger partial charge < -0.3 is 33.0 Å². The van der Waals surface area contributed by atoms with Crippen LogP contribution >= 0.6 is 34.0 Å². The smallest absolute Gasteiger partial charge is 0.101 e. The molecule has 0 saturated heterocycles. The SMILES string of the molecule is c1ccc(-c2ccc(-n3c4ccccc4c4c(N(c5ccccc5)c5ccc(-n6c7ccccc7c7ccccc76)cc5)cccc43)s2)cc1.c1ccc(-c2ccc(N(c3ccc(-c4ccccc4)cc3)c3cccc4c3c3ccccc3n4-c3cc4ccccc4s3)cc2)cc1.c1ccc(-c2ccc(N(c3ccc(-c4ccccc4)cc3)c3cccc4c3c3ccccc3n4-c3ccc(-c4ccccc4)s3)cc2)cc1. The monoisotopic (exact) mass is 1920 g/mol. The molecule has 0 bridgehead atoms. The van der Waals surface area contributed by atoms with Crippen molar-refractivity contribution in [3.8, 4) is 86.1 Å². The summed E-state index contributed by atoms with van der Waals surface area (Å²) in [4.78, 5) is 9.74. The molecule has 0 saturated carbocycles. The van der Waals surface area contributed by atoms with E-state index in [0.29, 0.717) is 0 Å². The van der Waals surface area contributed by atoms with E-state index in [1.807, 2.05) is 34.0 Å². The average molecular weight is 1920 g/mol. The number of fused-ring (bicyclic) bond motifs is 13. The van der Waals surface area contributed by atoms with Crippen molar-refractivity contribution in [1.82, 2.24) is 18.3 Å². The molecule has 28 rings (SSSR count). The first-order chi connectivity index (χ1) is 72.5. The topological polar surface area (TPSA) is 29.4 Å². The molecule has 0 aliphatic heterocycles. The highest BCUT2D eigenvalue weighted by molar-refractivity contribution is 7.21. The van der Waals surface area contributed by atoms with Crippen LogP contribution in [0.2, 0.25) is 0 Å². The van der Waals surface area contributed by atoms with Gasteiger partial charge in [0, 0.05) is 97.4 Å².